The van der Waals surface area contributed by atoms with Crippen molar-refractivity contribution >= 4 is 0 Å². The second-order valence-electron chi connectivity index (χ2n) is 4.40. The van der Waals surface area contributed by atoms with Crippen molar-refractivity contribution in [1.82, 2.24) is 15.2 Å². The molecule has 0 spiro atoms. The van der Waals surface area contributed by atoms with Gasteiger partial charge in [-0.3, -0.25) is 4.79 Å². The first-order valence-electron chi connectivity index (χ1n) is 5.84. The van der Waals surface area contributed by atoms with E-state index in [4.69, 9.17) is 0 Å². The Labute approximate surface area is 95.7 Å². The molecule has 0 bridgehead atoms. The first kappa shape index (κ1) is 11.4. The zero-order chi connectivity index (χ0) is 11.5. The molecule has 2 N–H and O–H groups in total. The third-order valence-electron chi connectivity index (χ3n) is 3.04. The number of pyridine rings is 1. The topological polar surface area (TPSA) is 48.1 Å². The van der Waals surface area contributed by atoms with Crippen LogP contribution in [0.15, 0.2) is 10.9 Å². The maximum atomic E-state index is 11.8. The van der Waals surface area contributed by atoms with Crippen molar-refractivity contribution in [3.63, 3.8) is 0 Å². The zero-order valence-electron chi connectivity index (χ0n) is 9.97. The van der Waals surface area contributed by atoms with Gasteiger partial charge in [-0.25, -0.2) is 0 Å². The van der Waals surface area contributed by atoms with E-state index in [0.717, 1.165) is 37.3 Å². The number of likely N-dealkylation sites (N-methyl/N-ethyl adjacent to an activating group) is 1. The molecule has 1 aliphatic heterocycles. The Morgan fingerprint density at radius 2 is 2.38 bits per heavy atom. The van der Waals surface area contributed by atoms with Gasteiger partial charge >= 0.3 is 0 Å². The van der Waals surface area contributed by atoms with Gasteiger partial charge in [-0.15, -0.1) is 0 Å². The molecule has 2 heterocycles. The fourth-order valence-electron chi connectivity index (χ4n) is 2.09. The summed E-state index contributed by atoms with van der Waals surface area (Å²) >= 11 is 0. The van der Waals surface area contributed by atoms with Crippen LogP contribution in [0.2, 0.25) is 0 Å². The second kappa shape index (κ2) is 4.80. The van der Waals surface area contributed by atoms with Gasteiger partial charge in [0.25, 0.3) is 5.56 Å². The Bertz CT molecular complexity index is 425. The fraction of sp³-hybridized carbons (Fsp3) is 0.583. The lowest BCUT2D eigenvalue weighted by molar-refractivity contribution is 0.309. The Kier molecular flexibility index (Phi) is 3.41. The molecule has 0 aliphatic carbocycles. The molecular formula is C12H19N3O. The molecule has 4 heteroatoms. The molecule has 0 fully saturated rings. The van der Waals surface area contributed by atoms with Gasteiger partial charge in [0.2, 0.25) is 0 Å². The van der Waals surface area contributed by atoms with Crippen molar-refractivity contribution in [3.05, 3.63) is 33.2 Å². The second-order valence-corrected chi connectivity index (χ2v) is 4.40. The normalized spacial score (nSPS) is 16.1. The van der Waals surface area contributed by atoms with Crippen LogP contribution in [0.3, 0.4) is 0 Å². The van der Waals surface area contributed by atoms with Gasteiger partial charge < -0.3 is 15.2 Å². The van der Waals surface area contributed by atoms with E-state index in [1.54, 1.807) is 0 Å². The average Bonchev–Trinajstić information content (AvgIpc) is 2.27. The fourth-order valence-corrected chi connectivity index (χ4v) is 2.09. The minimum Gasteiger partial charge on any atom is -0.326 e. The van der Waals surface area contributed by atoms with E-state index in [1.807, 2.05) is 13.0 Å². The van der Waals surface area contributed by atoms with E-state index in [0.29, 0.717) is 6.54 Å². The Morgan fingerprint density at radius 3 is 3.12 bits per heavy atom. The van der Waals surface area contributed by atoms with Gasteiger partial charge in [0.05, 0.1) is 0 Å². The molecule has 0 aromatic carbocycles. The number of hydrogen-bond donors (Lipinski definition) is 2. The predicted molar refractivity (Wildman–Crippen MR) is 64.5 cm³/mol. The summed E-state index contributed by atoms with van der Waals surface area (Å²) in [5.74, 6) is 0. The molecule has 0 amide bonds. The molecule has 0 atom stereocenters. The van der Waals surface area contributed by atoms with Crippen molar-refractivity contribution in [1.29, 1.82) is 0 Å². The van der Waals surface area contributed by atoms with Crippen molar-refractivity contribution < 1.29 is 0 Å². The van der Waals surface area contributed by atoms with Crippen LogP contribution in [0.5, 0.6) is 0 Å². The Hall–Kier alpha value is -1.13. The molecule has 1 aliphatic rings. The van der Waals surface area contributed by atoms with E-state index in [1.165, 1.54) is 5.56 Å². The lowest BCUT2D eigenvalue weighted by atomic mass is 10.0. The standard InChI is InChI=1S/C12H19N3O/c1-3-13-7-9-6-10-8-15(2)5-4-11(10)14-12(9)16/h6,13H,3-5,7-8H2,1-2H3,(H,14,16). The molecule has 0 radical (unpaired) electrons. The number of fused-ring (bicyclic) bond motifs is 1. The molecule has 0 saturated heterocycles. The first-order valence-corrected chi connectivity index (χ1v) is 5.84. The van der Waals surface area contributed by atoms with Crippen molar-refractivity contribution in [2.75, 3.05) is 20.1 Å². The van der Waals surface area contributed by atoms with Crippen molar-refractivity contribution in [2.24, 2.45) is 0 Å². The molecule has 0 unspecified atom stereocenters. The van der Waals surface area contributed by atoms with E-state index >= 15 is 0 Å². The first-order chi connectivity index (χ1) is 7.70. The molecule has 88 valence electrons. The highest BCUT2D eigenvalue weighted by Gasteiger charge is 2.15. The van der Waals surface area contributed by atoms with E-state index in [9.17, 15) is 4.79 Å². The van der Waals surface area contributed by atoms with Crippen LogP contribution in [-0.4, -0.2) is 30.0 Å². The predicted octanol–water partition coefficient (Wildman–Crippen LogP) is 0.472. The summed E-state index contributed by atoms with van der Waals surface area (Å²) in [6.07, 6.45) is 0.947. The lowest BCUT2D eigenvalue weighted by Gasteiger charge is -2.24. The number of nitrogens with one attached hydrogen (secondary N) is 2. The van der Waals surface area contributed by atoms with Crippen molar-refractivity contribution in [3.8, 4) is 0 Å². The van der Waals surface area contributed by atoms with Gasteiger partial charge in [0, 0.05) is 37.3 Å². The maximum Gasteiger partial charge on any atom is 0.252 e. The highest BCUT2D eigenvalue weighted by Crippen LogP contribution is 2.14. The van der Waals surface area contributed by atoms with Crippen LogP contribution in [0.25, 0.3) is 0 Å². The maximum absolute atomic E-state index is 11.8. The van der Waals surface area contributed by atoms with Crippen LogP contribution in [0, 0.1) is 0 Å². The third-order valence-corrected chi connectivity index (χ3v) is 3.04. The monoisotopic (exact) mass is 221 g/mol. The molecule has 1 aromatic rings. The number of rotatable bonds is 3. The molecule has 2 rings (SSSR count). The van der Waals surface area contributed by atoms with Gasteiger partial charge in [-0.1, -0.05) is 6.92 Å². The number of H-pyrrole nitrogens is 1. The zero-order valence-corrected chi connectivity index (χ0v) is 9.97. The van der Waals surface area contributed by atoms with E-state index < -0.39 is 0 Å². The lowest BCUT2D eigenvalue weighted by Crippen LogP contribution is -2.31. The smallest absolute Gasteiger partial charge is 0.252 e. The quantitative estimate of drug-likeness (QED) is 0.780. The summed E-state index contributed by atoms with van der Waals surface area (Å²) < 4.78 is 0. The Morgan fingerprint density at radius 1 is 1.56 bits per heavy atom. The summed E-state index contributed by atoms with van der Waals surface area (Å²) in [7, 11) is 2.11. The van der Waals surface area contributed by atoms with Crippen LogP contribution in [-0.2, 0) is 19.5 Å². The largest absolute Gasteiger partial charge is 0.326 e. The van der Waals surface area contributed by atoms with Crippen LogP contribution in [0.1, 0.15) is 23.7 Å². The number of nitrogens with zero attached hydrogens (tertiary/aromatic N) is 1. The van der Waals surface area contributed by atoms with Gasteiger partial charge in [-0.2, -0.15) is 0 Å². The van der Waals surface area contributed by atoms with E-state index in [-0.39, 0.29) is 5.56 Å². The molecular weight excluding hydrogens is 202 g/mol. The molecule has 16 heavy (non-hydrogen) atoms. The summed E-state index contributed by atoms with van der Waals surface area (Å²) in [6, 6.07) is 2.05. The molecule has 0 saturated carbocycles. The number of aromatic nitrogens is 1. The summed E-state index contributed by atoms with van der Waals surface area (Å²) in [5, 5.41) is 3.19. The van der Waals surface area contributed by atoms with Gasteiger partial charge in [-0.05, 0) is 25.2 Å². The summed E-state index contributed by atoms with van der Waals surface area (Å²) in [6.45, 7) is 5.54. The summed E-state index contributed by atoms with van der Waals surface area (Å²) in [5.41, 5.74) is 3.28. The van der Waals surface area contributed by atoms with Crippen LogP contribution < -0.4 is 10.9 Å². The molecule has 4 nitrogen and oxygen atoms in total. The number of aromatic amines is 1. The highest BCUT2D eigenvalue weighted by molar-refractivity contribution is 5.27. The molecule has 1 aromatic heterocycles. The Balaban J connectivity index is 2.28. The van der Waals surface area contributed by atoms with Crippen LogP contribution >= 0.6 is 0 Å². The third kappa shape index (κ3) is 2.33. The van der Waals surface area contributed by atoms with Gasteiger partial charge in [0.1, 0.15) is 0 Å². The minimum atomic E-state index is 0.0595. The minimum absolute atomic E-state index is 0.0595. The highest BCUT2D eigenvalue weighted by atomic mass is 16.1. The SMILES string of the molecule is CCNCc1cc2c([nH]c1=O)CCN(C)C2. The number of hydrogen-bond acceptors (Lipinski definition) is 3. The van der Waals surface area contributed by atoms with Crippen molar-refractivity contribution in [2.45, 2.75) is 26.4 Å². The van der Waals surface area contributed by atoms with E-state index in [2.05, 4.69) is 22.2 Å². The summed E-state index contributed by atoms with van der Waals surface area (Å²) in [4.78, 5) is 17.0. The average molecular weight is 221 g/mol. The van der Waals surface area contributed by atoms with Crippen LogP contribution in [0.4, 0.5) is 0 Å². The van der Waals surface area contributed by atoms with Gasteiger partial charge in [0.15, 0.2) is 0 Å².